The molecule has 0 spiro atoms. The van der Waals surface area contributed by atoms with Crippen LogP contribution in [0.2, 0.25) is 0 Å². The highest BCUT2D eigenvalue weighted by Crippen LogP contribution is 2.37. The van der Waals surface area contributed by atoms with E-state index in [1.807, 2.05) is 12.1 Å². The number of phenols is 1. The summed E-state index contributed by atoms with van der Waals surface area (Å²) in [6.45, 7) is 6.16. The fourth-order valence-electron chi connectivity index (χ4n) is 2.97. The van der Waals surface area contributed by atoms with E-state index in [0.29, 0.717) is 0 Å². The monoisotopic (exact) mass is 302 g/mol. The average molecular weight is 302 g/mol. The van der Waals surface area contributed by atoms with E-state index in [2.05, 4.69) is 20.8 Å². The van der Waals surface area contributed by atoms with Crippen LogP contribution in [-0.2, 0) is 0 Å². The molecule has 0 bridgehead atoms. The van der Waals surface area contributed by atoms with E-state index in [9.17, 15) is 20.4 Å². The highest BCUT2D eigenvalue weighted by Gasteiger charge is 2.24. The maximum Gasteiger partial charge on any atom is 0.196 e. The van der Waals surface area contributed by atoms with Crippen LogP contribution >= 0.6 is 0 Å². The van der Waals surface area contributed by atoms with Crippen LogP contribution in [0, 0.1) is 5.92 Å². The fourth-order valence-corrected chi connectivity index (χ4v) is 2.97. The summed E-state index contributed by atoms with van der Waals surface area (Å²) in [6.07, 6.45) is 1.72. The third kappa shape index (κ3) is 3.11. The van der Waals surface area contributed by atoms with Gasteiger partial charge in [-0.25, -0.2) is 0 Å². The number of aliphatic hydroxyl groups is 3. The molecule has 0 fully saturated rings. The molecule has 1 aliphatic carbocycles. The van der Waals surface area contributed by atoms with E-state index < -0.39 is 5.76 Å². The molecule has 4 heteroatoms. The van der Waals surface area contributed by atoms with E-state index in [1.54, 1.807) is 12.1 Å². The second-order valence-corrected chi connectivity index (χ2v) is 5.95. The zero-order valence-corrected chi connectivity index (χ0v) is 13.0. The summed E-state index contributed by atoms with van der Waals surface area (Å²) >= 11 is 0. The Hall–Kier alpha value is -2.36. The third-order valence-electron chi connectivity index (χ3n) is 4.04. The lowest BCUT2D eigenvalue weighted by Crippen LogP contribution is -2.11. The van der Waals surface area contributed by atoms with Gasteiger partial charge in [0.1, 0.15) is 11.5 Å². The molecule has 0 saturated heterocycles. The smallest absolute Gasteiger partial charge is 0.196 e. The Kier molecular flexibility index (Phi) is 4.50. The molecule has 0 saturated carbocycles. The normalized spacial score (nSPS) is 19.2. The quantitative estimate of drug-likeness (QED) is 0.656. The number of hydrogen-bond acceptors (Lipinski definition) is 4. The summed E-state index contributed by atoms with van der Waals surface area (Å²) < 4.78 is 0. The van der Waals surface area contributed by atoms with Crippen molar-refractivity contribution in [1.29, 1.82) is 0 Å². The van der Waals surface area contributed by atoms with Gasteiger partial charge in [-0.1, -0.05) is 38.5 Å². The molecule has 0 aliphatic heterocycles. The van der Waals surface area contributed by atoms with Crippen molar-refractivity contribution in [3.63, 3.8) is 0 Å². The standard InChI is InChI=1S/C18H22O4/c1-10(2)17(11(3)12-4-6-14(19)7-5-12)13-8-15(20)18(22)16(21)9-13/h4-8,10-11,19-22H,9H2,1-3H3. The first-order valence-electron chi connectivity index (χ1n) is 7.35. The number of phenolic OH excluding ortho intramolecular Hbond substituents is 1. The van der Waals surface area contributed by atoms with Gasteiger partial charge in [-0.15, -0.1) is 0 Å². The van der Waals surface area contributed by atoms with Crippen molar-refractivity contribution in [1.82, 2.24) is 0 Å². The molecule has 0 amide bonds. The second kappa shape index (κ2) is 6.18. The lowest BCUT2D eigenvalue weighted by molar-refractivity contribution is 0.273. The topological polar surface area (TPSA) is 80.9 Å². The predicted molar refractivity (Wildman–Crippen MR) is 86.0 cm³/mol. The number of benzene rings is 1. The Balaban J connectivity index is 2.47. The van der Waals surface area contributed by atoms with Gasteiger partial charge in [-0.05, 0) is 35.3 Å². The molecule has 118 valence electrons. The summed E-state index contributed by atoms with van der Waals surface area (Å²) in [7, 11) is 0. The molecular formula is C18H22O4. The Morgan fingerprint density at radius 3 is 2.05 bits per heavy atom. The van der Waals surface area contributed by atoms with Crippen molar-refractivity contribution in [3.8, 4) is 5.75 Å². The minimum absolute atomic E-state index is 0.0627. The molecule has 1 aliphatic rings. The molecule has 4 nitrogen and oxygen atoms in total. The second-order valence-electron chi connectivity index (χ2n) is 5.95. The van der Waals surface area contributed by atoms with Crippen molar-refractivity contribution in [3.05, 3.63) is 64.3 Å². The summed E-state index contributed by atoms with van der Waals surface area (Å²) in [5.74, 6) is -0.496. The molecule has 22 heavy (non-hydrogen) atoms. The summed E-state index contributed by atoms with van der Waals surface area (Å²) in [5.41, 5.74) is 2.93. The molecular weight excluding hydrogens is 280 g/mol. The highest BCUT2D eigenvalue weighted by molar-refractivity contribution is 5.45. The van der Waals surface area contributed by atoms with Crippen molar-refractivity contribution in [2.24, 2.45) is 5.92 Å². The van der Waals surface area contributed by atoms with Crippen LogP contribution in [0.25, 0.3) is 0 Å². The van der Waals surface area contributed by atoms with Crippen molar-refractivity contribution in [2.75, 3.05) is 0 Å². The minimum atomic E-state index is -0.454. The van der Waals surface area contributed by atoms with Gasteiger partial charge >= 0.3 is 0 Å². The van der Waals surface area contributed by atoms with Gasteiger partial charge < -0.3 is 20.4 Å². The van der Waals surface area contributed by atoms with E-state index in [1.165, 1.54) is 6.08 Å². The molecule has 1 atom stereocenters. The van der Waals surface area contributed by atoms with E-state index in [4.69, 9.17) is 0 Å². The molecule has 1 aromatic rings. The van der Waals surface area contributed by atoms with Crippen LogP contribution in [0.1, 0.15) is 38.7 Å². The highest BCUT2D eigenvalue weighted by atomic mass is 16.3. The van der Waals surface area contributed by atoms with Crippen LogP contribution in [0.4, 0.5) is 0 Å². The maximum atomic E-state index is 9.80. The molecule has 4 N–H and O–H groups in total. The number of aromatic hydroxyl groups is 1. The van der Waals surface area contributed by atoms with Crippen LogP contribution < -0.4 is 0 Å². The first-order chi connectivity index (χ1) is 10.3. The Morgan fingerprint density at radius 2 is 1.55 bits per heavy atom. The number of allylic oxidation sites excluding steroid dienone is 3. The molecule has 1 aromatic carbocycles. The van der Waals surface area contributed by atoms with E-state index >= 15 is 0 Å². The first-order valence-corrected chi connectivity index (χ1v) is 7.35. The molecule has 1 unspecified atom stereocenters. The van der Waals surface area contributed by atoms with Gasteiger partial charge in [0, 0.05) is 12.3 Å². The molecule has 0 radical (unpaired) electrons. The summed E-state index contributed by atoms with van der Waals surface area (Å²) in [5, 5.41) is 38.5. The summed E-state index contributed by atoms with van der Waals surface area (Å²) in [6, 6.07) is 7.02. The first kappa shape index (κ1) is 16.0. The van der Waals surface area contributed by atoms with E-state index in [-0.39, 0.29) is 35.5 Å². The lowest BCUT2D eigenvalue weighted by atomic mass is 9.81. The van der Waals surface area contributed by atoms with Gasteiger partial charge in [0.2, 0.25) is 0 Å². The van der Waals surface area contributed by atoms with Gasteiger partial charge in [-0.3, -0.25) is 0 Å². The molecule has 2 rings (SSSR count). The SMILES string of the molecule is CC(C)C(=C1C=C(O)C(O)=C(O)C1)C(C)c1ccc(O)cc1. The van der Waals surface area contributed by atoms with Crippen LogP contribution in [0.5, 0.6) is 5.75 Å². The van der Waals surface area contributed by atoms with Crippen molar-refractivity contribution < 1.29 is 20.4 Å². The predicted octanol–water partition coefficient (Wildman–Crippen LogP) is 4.62. The molecule has 0 heterocycles. The van der Waals surface area contributed by atoms with Crippen molar-refractivity contribution in [2.45, 2.75) is 33.1 Å². The maximum absolute atomic E-state index is 9.80. The fraction of sp³-hybridized carbons (Fsp3) is 0.333. The van der Waals surface area contributed by atoms with Crippen molar-refractivity contribution >= 4 is 0 Å². The number of aliphatic hydroxyl groups excluding tert-OH is 3. The minimum Gasteiger partial charge on any atom is -0.508 e. The van der Waals surface area contributed by atoms with E-state index in [0.717, 1.165) is 16.7 Å². The van der Waals surface area contributed by atoms with Crippen LogP contribution in [-0.4, -0.2) is 20.4 Å². The molecule has 0 aromatic heterocycles. The number of rotatable bonds is 3. The van der Waals surface area contributed by atoms with Crippen LogP contribution in [0.15, 0.2) is 58.8 Å². The van der Waals surface area contributed by atoms with Gasteiger partial charge in [0.05, 0.1) is 0 Å². The lowest BCUT2D eigenvalue weighted by Gasteiger charge is -2.25. The Morgan fingerprint density at radius 1 is 0.955 bits per heavy atom. The van der Waals surface area contributed by atoms with Gasteiger partial charge in [0.25, 0.3) is 0 Å². The van der Waals surface area contributed by atoms with Gasteiger partial charge in [-0.2, -0.15) is 0 Å². The largest absolute Gasteiger partial charge is 0.508 e. The van der Waals surface area contributed by atoms with Gasteiger partial charge in [0.15, 0.2) is 11.5 Å². The zero-order valence-electron chi connectivity index (χ0n) is 13.0. The average Bonchev–Trinajstić information content (AvgIpc) is 2.45. The Bertz CT molecular complexity index is 648. The Labute approximate surface area is 130 Å². The zero-order chi connectivity index (χ0) is 16.4. The van der Waals surface area contributed by atoms with Crippen LogP contribution in [0.3, 0.4) is 0 Å². The third-order valence-corrected chi connectivity index (χ3v) is 4.04. The summed E-state index contributed by atoms with van der Waals surface area (Å²) in [4.78, 5) is 0. The number of hydrogen-bond donors (Lipinski definition) is 4.